The second kappa shape index (κ2) is 7.42. The van der Waals surface area contributed by atoms with Crippen molar-refractivity contribution in [3.05, 3.63) is 45.2 Å². The number of hydrogen-bond donors (Lipinski definition) is 2. The number of H-pyrrole nitrogens is 1. The number of hydrogen-bond acceptors (Lipinski definition) is 3. The van der Waals surface area contributed by atoms with Crippen LogP contribution in [0.25, 0.3) is 10.9 Å². The van der Waals surface area contributed by atoms with Crippen molar-refractivity contribution >= 4 is 16.8 Å². The molecule has 5 heteroatoms. The molecule has 1 aromatic carbocycles. The zero-order valence-electron chi connectivity index (χ0n) is 14.3. The molecule has 0 atom stereocenters. The standard InChI is InChI=1S/C18H25N3O2/c1-12-9-13(2)17-15(10-12)11-14(18(23)20-17)5-6-16(22)19-7-8-21(3)4/h9-11H,5-8H2,1-4H3,(H,19,22)(H,20,23). The fraction of sp³-hybridized carbons (Fsp3) is 0.444. The summed E-state index contributed by atoms with van der Waals surface area (Å²) in [5.41, 5.74) is 3.65. The summed E-state index contributed by atoms with van der Waals surface area (Å²) < 4.78 is 0. The molecule has 0 aliphatic carbocycles. The van der Waals surface area contributed by atoms with Gasteiger partial charge < -0.3 is 15.2 Å². The molecule has 1 amide bonds. The van der Waals surface area contributed by atoms with Gasteiger partial charge in [-0.15, -0.1) is 0 Å². The van der Waals surface area contributed by atoms with Gasteiger partial charge in [0, 0.05) is 25.1 Å². The molecule has 5 nitrogen and oxygen atoms in total. The molecule has 0 saturated carbocycles. The Hall–Kier alpha value is -2.14. The molecule has 124 valence electrons. The number of benzene rings is 1. The highest BCUT2D eigenvalue weighted by molar-refractivity contribution is 5.83. The van der Waals surface area contributed by atoms with E-state index in [2.05, 4.69) is 22.4 Å². The van der Waals surface area contributed by atoms with E-state index in [9.17, 15) is 9.59 Å². The number of aromatic nitrogens is 1. The molecule has 0 saturated heterocycles. The minimum atomic E-state index is -0.106. The van der Waals surface area contributed by atoms with Crippen LogP contribution in [-0.2, 0) is 11.2 Å². The quantitative estimate of drug-likeness (QED) is 0.853. The minimum Gasteiger partial charge on any atom is -0.355 e. The van der Waals surface area contributed by atoms with Crippen LogP contribution < -0.4 is 10.9 Å². The lowest BCUT2D eigenvalue weighted by Gasteiger charge is -2.10. The van der Waals surface area contributed by atoms with Gasteiger partial charge in [-0.2, -0.15) is 0 Å². The molecule has 2 aromatic rings. The molecule has 2 rings (SSSR count). The molecule has 0 spiro atoms. The molecule has 0 unspecified atom stereocenters. The predicted molar refractivity (Wildman–Crippen MR) is 93.9 cm³/mol. The van der Waals surface area contributed by atoms with Gasteiger partial charge in [-0.3, -0.25) is 9.59 Å². The summed E-state index contributed by atoms with van der Waals surface area (Å²) in [7, 11) is 3.93. The molecule has 23 heavy (non-hydrogen) atoms. The first-order chi connectivity index (χ1) is 10.9. The van der Waals surface area contributed by atoms with Crippen molar-refractivity contribution in [3.8, 4) is 0 Å². The number of nitrogens with one attached hydrogen (secondary N) is 2. The van der Waals surface area contributed by atoms with Crippen molar-refractivity contribution in [2.24, 2.45) is 0 Å². The maximum absolute atomic E-state index is 12.2. The van der Waals surface area contributed by atoms with E-state index < -0.39 is 0 Å². The van der Waals surface area contributed by atoms with Crippen LogP contribution in [0.3, 0.4) is 0 Å². The van der Waals surface area contributed by atoms with Crippen molar-refractivity contribution in [1.82, 2.24) is 15.2 Å². The average molecular weight is 315 g/mol. The Balaban J connectivity index is 2.07. The van der Waals surface area contributed by atoms with Crippen LogP contribution in [0.1, 0.15) is 23.1 Å². The fourth-order valence-corrected chi connectivity index (χ4v) is 2.67. The number of carbonyl (C=O) groups is 1. The van der Waals surface area contributed by atoms with Crippen LogP contribution >= 0.6 is 0 Å². The Labute approximate surface area is 136 Å². The first-order valence-electron chi connectivity index (χ1n) is 7.91. The number of fused-ring (bicyclic) bond motifs is 1. The molecule has 0 fully saturated rings. The zero-order valence-corrected chi connectivity index (χ0v) is 14.3. The van der Waals surface area contributed by atoms with Gasteiger partial charge in [0.15, 0.2) is 0 Å². The summed E-state index contributed by atoms with van der Waals surface area (Å²) in [6.45, 7) is 5.46. The van der Waals surface area contributed by atoms with Crippen LogP contribution in [0.2, 0.25) is 0 Å². The highest BCUT2D eigenvalue weighted by Gasteiger charge is 2.08. The summed E-state index contributed by atoms with van der Waals surface area (Å²) in [5.74, 6) is -0.0215. The summed E-state index contributed by atoms with van der Waals surface area (Å²) in [4.78, 5) is 29.0. The molecule has 2 N–H and O–H groups in total. The van der Waals surface area contributed by atoms with Gasteiger partial charge in [-0.25, -0.2) is 0 Å². The minimum absolute atomic E-state index is 0.0215. The zero-order chi connectivity index (χ0) is 17.0. The number of rotatable bonds is 6. The first kappa shape index (κ1) is 17.2. The van der Waals surface area contributed by atoms with E-state index in [-0.39, 0.29) is 11.5 Å². The summed E-state index contributed by atoms with van der Waals surface area (Å²) >= 11 is 0. The predicted octanol–water partition coefficient (Wildman–Crippen LogP) is 1.76. The van der Waals surface area contributed by atoms with E-state index in [1.165, 1.54) is 0 Å². The lowest BCUT2D eigenvalue weighted by atomic mass is 10.0. The van der Waals surface area contributed by atoms with Crippen molar-refractivity contribution in [2.75, 3.05) is 27.2 Å². The van der Waals surface area contributed by atoms with Crippen molar-refractivity contribution in [3.63, 3.8) is 0 Å². The SMILES string of the molecule is Cc1cc(C)c2[nH]c(=O)c(CCC(=O)NCCN(C)C)cc2c1. The molecular formula is C18H25N3O2. The third-order valence-electron chi connectivity index (χ3n) is 3.87. The van der Waals surface area contributed by atoms with E-state index in [1.54, 1.807) is 0 Å². The Kier molecular flexibility index (Phi) is 5.55. The van der Waals surface area contributed by atoms with E-state index in [0.29, 0.717) is 24.9 Å². The average Bonchev–Trinajstić information content (AvgIpc) is 2.45. The lowest BCUT2D eigenvalue weighted by molar-refractivity contribution is -0.121. The normalized spacial score (nSPS) is 11.2. The highest BCUT2D eigenvalue weighted by atomic mass is 16.1. The van der Waals surface area contributed by atoms with Gasteiger partial charge in [-0.1, -0.05) is 11.6 Å². The number of pyridine rings is 1. The van der Waals surface area contributed by atoms with Gasteiger partial charge in [0.2, 0.25) is 5.91 Å². The van der Waals surface area contributed by atoms with Crippen molar-refractivity contribution < 1.29 is 4.79 Å². The Morgan fingerprint density at radius 1 is 1.22 bits per heavy atom. The van der Waals surface area contributed by atoms with Gasteiger partial charge in [-0.05, 0) is 57.4 Å². The van der Waals surface area contributed by atoms with Gasteiger partial charge in [0.1, 0.15) is 0 Å². The molecule has 0 radical (unpaired) electrons. The van der Waals surface area contributed by atoms with Crippen LogP contribution in [0.5, 0.6) is 0 Å². The molecular weight excluding hydrogens is 290 g/mol. The van der Waals surface area contributed by atoms with Crippen LogP contribution in [-0.4, -0.2) is 43.0 Å². The monoisotopic (exact) mass is 315 g/mol. The van der Waals surface area contributed by atoms with E-state index in [0.717, 1.165) is 28.6 Å². The second-order valence-corrected chi connectivity index (χ2v) is 6.32. The number of nitrogens with zero attached hydrogens (tertiary/aromatic N) is 1. The van der Waals surface area contributed by atoms with Gasteiger partial charge in [0.05, 0.1) is 5.52 Å². The van der Waals surface area contributed by atoms with Gasteiger partial charge in [0.25, 0.3) is 5.56 Å². The van der Waals surface area contributed by atoms with Crippen molar-refractivity contribution in [1.29, 1.82) is 0 Å². The molecule has 0 bridgehead atoms. The number of aromatic amines is 1. The summed E-state index contributed by atoms with van der Waals surface area (Å²) in [6.07, 6.45) is 0.777. The molecule has 1 aromatic heterocycles. The highest BCUT2D eigenvalue weighted by Crippen LogP contribution is 2.18. The smallest absolute Gasteiger partial charge is 0.251 e. The second-order valence-electron chi connectivity index (χ2n) is 6.32. The van der Waals surface area contributed by atoms with Crippen LogP contribution in [0.15, 0.2) is 23.0 Å². The number of carbonyl (C=O) groups excluding carboxylic acids is 1. The topological polar surface area (TPSA) is 65.2 Å². The lowest BCUT2D eigenvalue weighted by Crippen LogP contribution is -2.31. The van der Waals surface area contributed by atoms with Gasteiger partial charge >= 0.3 is 0 Å². The Morgan fingerprint density at radius 3 is 2.65 bits per heavy atom. The molecule has 0 aliphatic rings. The maximum Gasteiger partial charge on any atom is 0.251 e. The molecule has 0 aliphatic heterocycles. The Morgan fingerprint density at radius 2 is 1.96 bits per heavy atom. The largest absolute Gasteiger partial charge is 0.355 e. The number of likely N-dealkylation sites (N-methyl/N-ethyl adjacent to an activating group) is 1. The summed E-state index contributed by atoms with van der Waals surface area (Å²) in [6, 6.07) is 6.01. The van der Waals surface area contributed by atoms with Crippen molar-refractivity contribution in [2.45, 2.75) is 26.7 Å². The van der Waals surface area contributed by atoms with E-state index in [4.69, 9.17) is 0 Å². The van der Waals surface area contributed by atoms with Crippen LogP contribution in [0, 0.1) is 13.8 Å². The Bertz CT molecular complexity index is 763. The van der Waals surface area contributed by atoms with Crippen LogP contribution in [0.4, 0.5) is 0 Å². The maximum atomic E-state index is 12.2. The number of aryl methyl sites for hydroxylation is 3. The van der Waals surface area contributed by atoms with E-state index >= 15 is 0 Å². The number of amides is 1. The third kappa shape index (κ3) is 4.66. The van der Waals surface area contributed by atoms with E-state index in [1.807, 2.05) is 38.9 Å². The first-order valence-corrected chi connectivity index (χ1v) is 7.91. The summed E-state index contributed by atoms with van der Waals surface area (Å²) in [5, 5.41) is 3.88. The fourth-order valence-electron chi connectivity index (χ4n) is 2.67. The molecule has 1 heterocycles. The third-order valence-corrected chi connectivity index (χ3v) is 3.87.